The summed E-state index contributed by atoms with van der Waals surface area (Å²) in [6.07, 6.45) is 1.37. The third kappa shape index (κ3) is 14.3. The highest BCUT2D eigenvalue weighted by Gasteiger charge is 2.15. The first-order chi connectivity index (χ1) is 20.5. The average Bonchev–Trinajstić information content (AvgIpc) is 3.00. The highest BCUT2D eigenvalue weighted by atomic mass is 32.2. The lowest BCUT2D eigenvalue weighted by Gasteiger charge is -2.21. The lowest BCUT2D eigenvalue weighted by atomic mass is 10.0. The van der Waals surface area contributed by atoms with E-state index in [1.165, 1.54) is 56.9 Å². The van der Waals surface area contributed by atoms with E-state index in [1.807, 2.05) is 38.1 Å². The molecular weight excluding hydrogens is 559 g/mol. The molecule has 0 aromatic heterocycles. The number of benzene rings is 4. The Morgan fingerprint density at radius 1 is 0.628 bits per heavy atom. The minimum atomic E-state index is 0.625. The molecular formula is C40H51NS2. The molecule has 228 valence electrons. The number of thioether (sulfide) groups is 2. The number of rotatable bonds is 4. The van der Waals surface area contributed by atoms with Crippen LogP contribution >= 0.6 is 23.5 Å². The highest BCUT2D eigenvalue weighted by Crippen LogP contribution is 2.43. The van der Waals surface area contributed by atoms with E-state index in [-0.39, 0.29) is 0 Å². The van der Waals surface area contributed by atoms with Gasteiger partial charge in [0, 0.05) is 5.70 Å². The van der Waals surface area contributed by atoms with Crippen molar-refractivity contribution >= 4 is 34.8 Å². The maximum Gasteiger partial charge on any atom is 0.0751 e. The SMILES string of the molecule is C=C(C)c1ccc(C)cc1.C=C(N)c1ccc(C)cc1.Cc1ccc(C(C)C)cc1.Cc1ccc(C2SCCCS2)cc1. The Kier molecular flexibility index (Phi) is 16.1. The van der Waals surface area contributed by atoms with Crippen molar-refractivity contribution in [2.75, 3.05) is 11.5 Å². The zero-order chi connectivity index (χ0) is 31.8. The Hall–Kier alpha value is -3.14. The summed E-state index contributed by atoms with van der Waals surface area (Å²) in [5.74, 6) is 3.30. The fraction of sp³-hybridized carbons (Fsp3) is 0.300. The van der Waals surface area contributed by atoms with Crippen LogP contribution in [0.4, 0.5) is 0 Å². The lowest BCUT2D eigenvalue weighted by molar-refractivity contribution is 0.866. The molecule has 1 aliphatic heterocycles. The normalized spacial score (nSPS) is 12.5. The van der Waals surface area contributed by atoms with E-state index < -0.39 is 0 Å². The van der Waals surface area contributed by atoms with Gasteiger partial charge in [-0.25, -0.2) is 0 Å². The van der Waals surface area contributed by atoms with E-state index in [0.717, 1.165) is 11.1 Å². The Balaban J connectivity index is 0.000000202. The van der Waals surface area contributed by atoms with E-state index >= 15 is 0 Å². The zero-order valence-electron chi connectivity index (χ0n) is 27.3. The lowest BCUT2D eigenvalue weighted by Crippen LogP contribution is -1.99. The van der Waals surface area contributed by atoms with Gasteiger partial charge in [0.1, 0.15) is 0 Å². The van der Waals surface area contributed by atoms with Gasteiger partial charge in [0.15, 0.2) is 0 Å². The second kappa shape index (κ2) is 19.2. The Bertz CT molecular complexity index is 1310. The number of allylic oxidation sites excluding steroid dienone is 1. The molecule has 0 amide bonds. The van der Waals surface area contributed by atoms with E-state index in [0.29, 0.717) is 16.2 Å². The van der Waals surface area contributed by atoms with Gasteiger partial charge in [0.05, 0.1) is 4.58 Å². The summed E-state index contributed by atoms with van der Waals surface area (Å²) in [5, 5.41) is 0. The van der Waals surface area contributed by atoms with Crippen molar-refractivity contribution in [3.63, 3.8) is 0 Å². The van der Waals surface area contributed by atoms with Gasteiger partial charge >= 0.3 is 0 Å². The van der Waals surface area contributed by atoms with Gasteiger partial charge < -0.3 is 5.73 Å². The monoisotopic (exact) mass is 609 g/mol. The van der Waals surface area contributed by atoms with Gasteiger partial charge in [0.2, 0.25) is 0 Å². The maximum atomic E-state index is 5.47. The van der Waals surface area contributed by atoms with Crippen LogP contribution in [0.5, 0.6) is 0 Å². The second-order valence-corrected chi connectivity index (χ2v) is 14.2. The van der Waals surface area contributed by atoms with E-state index in [9.17, 15) is 0 Å². The van der Waals surface area contributed by atoms with Gasteiger partial charge in [-0.3, -0.25) is 0 Å². The summed E-state index contributed by atoms with van der Waals surface area (Å²) in [4.78, 5) is 0. The molecule has 0 unspecified atom stereocenters. The van der Waals surface area contributed by atoms with Crippen molar-refractivity contribution in [3.05, 3.63) is 155 Å². The van der Waals surface area contributed by atoms with Crippen LogP contribution in [0.25, 0.3) is 11.3 Å². The van der Waals surface area contributed by atoms with E-state index in [2.05, 4.69) is 144 Å². The topological polar surface area (TPSA) is 26.0 Å². The van der Waals surface area contributed by atoms with Crippen molar-refractivity contribution in [2.24, 2.45) is 5.73 Å². The molecule has 0 spiro atoms. The molecule has 0 saturated carbocycles. The third-order valence-electron chi connectivity index (χ3n) is 6.89. The van der Waals surface area contributed by atoms with Crippen LogP contribution in [0, 0.1) is 27.7 Å². The smallest absolute Gasteiger partial charge is 0.0751 e. The quantitative estimate of drug-likeness (QED) is 0.249. The molecule has 1 aliphatic rings. The van der Waals surface area contributed by atoms with Gasteiger partial charge in [-0.1, -0.05) is 152 Å². The molecule has 0 bridgehead atoms. The van der Waals surface area contributed by atoms with Crippen LogP contribution in [0.3, 0.4) is 0 Å². The first-order valence-electron chi connectivity index (χ1n) is 15.1. The zero-order valence-corrected chi connectivity index (χ0v) is 29.0. The highest BCUT2D eigenvalue weighted by molar-refractivity contribution is 8.16. The molecule has 3 heteroatoms. The third-order valence-corrected chi connectivity index (χ3v) is 9.90. The molecule has 1 fully saturated rings. The summed E-state index contributed by atoms with van der Waals surface area (Å²) in [6, 6.07) is 34.1. The van der Waals surface area contributed by atoms with Crippen LogP contribution in [0.1, 0.15) is 82.2 Å². The molecule has 0 radical (unpaired) electrons. The van der Waals surface area contributed by atoms with E-state index in [1.54, 1.807) is 0 Å². The predicted octanol–water partition coefficient (Wildman–Crippen LogP) is 11.9. The molecule has 5 rings (SSSR count). The minimum Gasteiger partial charge on any atom is -0.399 e. The van der Waals surface area contributed by atoms with Crippen molar-refractivity contribution in [3.8, 4) is 0 Å². The minimum absolute atomic E-state index is 0.625. The summed E-state index contributed by atoms with van der Waals surface area (Å²) in [7, 11) is 0. The first kappa shape index (κ1) is 36.1. The molecule has 1 saturated heterocycles. The fourth-order valence-corrected chi connectivity index (χ4v) is 6.86. The molecule has 0 aliphatic carbocycles. The van der Waals surface area contributed by atoms with Crippen LogP contribution in [0.15, 0.2) is 110 Å². The number of hydrogen-bond donors (Lipinski definition) is 1. The molecule has 43 heavy (non-hydrogen) atoms. The average molecular weight is 610 g/mol. The van der Waals surface area contributed by atoms with E-state index in [4.69, 9.17) is 5.73 Å². The standard InChI is InChI=1S/C11H14S2.C10H14.C10H12.C9H11N/c1-9-3-5-10(6-4-9)11-12-7-2-8-13-11;2*1-8(2)10-6-4-9(3)5-7-10;1-7-3-5-9(6-4-7)8(2)10/h3-6,11H,2,7-8H2,1H3;4-8H,1-3H3;4-7H,1H2,2-3H3;3-6H,2,10H2,1H3. The molecule has 2 N–H and O–H groups in total. The Labute approximate surface area is 271 Å². The Morgan fingerprint density at radius 2 is 1.00 bits per heavy atom. The molecule has 1 nitrogen and oxygen atoms in total. The van der Waals surface area contributed by atoms with Crippen molar-refractivity contribution in [1.29, 1.82) is 0 Å². The fourth-order valence-electron chi connectivity index (χ4n) is 3.96. The first-order valence-corrected chi connectivity index (χ1v) is 17.2. The largest absolute Gasteiger partial charge is 0.399 e. The van der Waals surface area contributed by atoms with Crippen LogP contribution in [-0.2, 0) is 0 Å². The number of nitrogens with two attached hydrogens (primary N) is 1. The molecule has 1 heterocycles. The van der Waals surface area contributed by atoms with Gasteiger partial charge in [-0.15, -0.1) is 23.5 Å². The summed E-state index contributed by atoms with van der Waals surface area (Å²) < 4.78 is 0.689. The predicted molar refractivity (Wildman–Crippen MR) is 199 cm³/mol. The molecule has 4 aromatic rings. The summed E-state index contributed by atoms with van der Waals surface area (Å²) in [5.41, 5.74) is 17.6. The summed E-state index contributed by atoms with van der Waals surface area (Å²) in [6.45, 7) is 22.3. The van der Waals surface area contributed by atoms with Crippen molar-refractivity contribution in [2.45, 2.75) is 65.4 Å². The second-order valence-electron chi connectivity index (χ2n) is 11.4. The number of aryl methyl sites for hydroxylation is 4. The Morgan fingerprint density at radius 3 is 1.37 bits per heavy atom. The van der Waals surface area contributed by atoms with Gasteiger partial charge in [-0.05, 0) is 80.7 Å². The maximum absolute atomic E-state index is 5.47. The van der Waals surface area contributed by atoms with Gasteiger partial charge in [-0.2, -0.15) is 0 Å². The van der Waals surface area contributed by atoms with Crippen LogP contribution in [-0.4, -0.2) is 11.5 Å². The number of hydrogen-bond acceptors (Lipinski definition) is 3. The summed E-state index contributed by atoms with van der Waals surface area (Å²) >= 11 is 4.17. The molecule has 4 aromatic carbocycles. The van der Waals surface area contributed by atoms with Gasteiger partial charge in [0.25, 0.3) is 0 Å². The molecule has 0 atom stereocenters. The van der Waals surface area contributed by atoms with Crippen LogP contribution in [0.2, 0.25) is 0 Å². The van der Waals surface area contributed by atoms with Crippen LogP contribution < -0.4 is 5.73 Å². The van der Waals surface area contributed by atoms with Crippen molar-refractivity contribution in [1.82, 2.24) is 0 Å². The van der Waals surface area contributed by atoms with Crippen molar-refractivity contribution < 1.29 is 0 Å².